The summed E-state index contributed by atoms with van der Waals surface area (Å²) in [5.74, 6) is 0. The molecule has 0 spiro atoms. The Hall–Kier alpha value is -5.91. The van der Waals surface area contributed by atoms with E-state index in [1.807, 2.05) is 28.7 Å². The van der Waals surface area contributed by atoms with Gasteiger partial charge < -0.3 is 9.80 Å². The van der Waals surface area contributed by atoms with Crippen LogP contribution in [-0.2, 0) is 0 Å². The molecule has 0 saturated carbocycles. The number of aryl methyl sites for hydroxylation is 1. The normalized spacial score (nSPS) is 11.5. The molecule has 5 heteroatoms. The van der Waals surface area contributed by atoms with Crippen molar-refractivity contribution in [2.24, 2.45) is 0 Å². The van der Waals surface area contributed by atoms with Gasteiger partial charge in [-0.25, -0.2) is 0 Å². The summed E-state index contributed by atoms with van der Waals surface area (Å²) in [7, 11) is 0. The van der Waals surface area contributed by atoms with Gasteiger partial charge in [0.05, 0.1) is 5.69 Å². The molecule has 0 saturated heterocycles. The van der Waals surface area contributed by atoms with Gasteiger partial charge in [0, 0.05) is 79.4 Å². The van der Waals surface area contributed by atoms with E-state index in [1.165, 1.54) is 51.5 Å². The molecule has 2 heterocycles. The van der Waals surface area contributed by atoms with Crippen molar-refractivity contribution in [3.05, 3.63) is 193 Å². The Bertz CT molecular complexity index is 2930. The van der Waals surface area contributed by atoms with Crippen molar-refractivity contribution in [1.29, 1.82) is 0 Å². The summed E-state index contributed by atoms with van der Waals surface area (Å²) in [6.07, 6.45) is 0. The number of benzene rings is 8. The van der Waals surface area contributed by atoms with Gasteiger partial charge in [-0.3, -0.25) is 0 Å². The van der Waals surface area contributed by atoms with Crippen LogP contribution in [0.2, 0.25) is 5.02 Å². The van der Waals surface area contributed by atoms with Crippen molar-refractivity contribution in [2.45, 2.75) is 6.92 Å². The van der Waals surface area contributed by atoms with Gasteiger partial charge in [0.15, 0.2) is 0 Å². The molecular weight excluding hydrogens is 716 g/mol. The Morgan fingerprint density at radius 3 is 1.74 bits per heavy atom. The minimum Gasteiger partial charge on any atom is -0.310 e. The zero-order valence-corrected chi connectivity index (χ0v) is 31.8. The van der Waals surface area contributed by atoms with Crippen LogP contribution >= 0.6 is 34.3 Å². The van der Waals surface area contributed by atoms with Gasteiger partial charge in [0.25, 0.3) is 0 Å². The molecule has 0 aliphatic heterocycles. The van der Waals surface area contributed by atoms with E-state index in [-0.39, 0.29) is 0 Å². The van der Waals surface area contributed by atoms with E-state index in [0.717, 1.165) is 39.7 Å². The molecule has 0 amide bonds. The molecular formula is C49H33ClN2S2. The van der Waals surface area contributed by atoms with E-state index in [9.17, 15) is 0 Å². The number of hydrogen-bond donors (Lipinski definition) is 0. The maximum Gasteiger partial charge on any atom is 0.0555 e. The van der Waals surface area contributed by atoms with Crippen molar-refractivity contribution in [3.8, 4) is 11.1 Å². The van der Waals surface area contributed by atoms with Crippen molar-refractivity contribution >= 4 is 109 Å². The second kappa shape index (κ2) is 13.5. The van der Waals surface area contributed by atoms with Crippen LogP contribution in [0.15, 0.2) is 182 Å². The lowest BCUT2D eigenvalue weighted by atomic mass is 9.96. The molecule has 0 fully saturated rings. The number of nitrogens with zero attached hydrogens (tertiary/aromatic N) is 2. The van der Waals surface area contributed by atoms with Crippen molar-refractivity contribution in [1.82, 2.24) is 0 Å². The smallest absolute Gasteiger partial charge is 0.0555 e. The van der Waals surface area contributed by atoms with E-state index in [1.54, 1.807) is 0 Å². The highest BCUT2D eigenvalue weighted by Crippen LogP contribution is 2.49. The fourth-order valence-corrected chi connectivity index (χ4v) is 10.2. The third-order valence-electron chi connectivity index (χ3n) is 10.2. The SMILES string of the molecule is Cc1cc(N(c2ccccc2)c2ccc3sc4ccccc4c3c2)cc2c1sc1cccc(-c3ccc(Cl)cc3N(c3ccccc3)c3ccccc3)c12. The van der Waals surface area contributed by atoms with Crippen molar-refractivity contribution in [2.75, 3.05) is 9.80 Å². The van der Waals surface area contributed by atoms with Crippen LogP contribution in [-0.4, -0.2) is 0 Å². The molecule has 0 bridgehead atoms. The monoisotopic (exact) mass is 748 g/mol. The molecule has 2 aromatic heterocycles. The predicted molar refractivity (Wildman–Crippen MR) is 237 cm³/mol. The number of thiophene rings is 2. The van der Waals surface area contributed by atoms with Gasteiger partial charge in [-0.05, 0) is 109 Å². The summed E-state index contributed by atoms with van der Waals surface area (Å²) in [6.45, 7) is 2.25. The molecule has 0 aliphatic carbocycles. The fraction of sp³-hybridized carbons (Fsp3) is 0.0204. The summed E-state index contributed by atoms with van der Waals surface area (Å²) in [5.41, 5.74) is 10.1. The van der Waals surface area contributed by atoms with Gasteiger partial charge >= 0.3 is 0 Å². The molecule has 10 aromatic rings. The third kappa shape index (κ3) is 5.62. The van der Waals surface area contributed by atoms with Gasteiger partial charge in [-0.15, -0.1) is 22.7 Å². The predicted octanol–water partition coefficient (Wildman–Crippen LogP) is 16.0. The fourth-order valence-electron chi connectivity index (χ4n) is 7.81. The van der Waals surface area contributed by atoms with Crippen LogP contribution < -0.4 is 9.80 Å². The second-order valence-corrected chi connectivity index (χ2v) is 16.1. The lowest BCUT2D eigenvalue weighted by Crippen LogP contribution is -2.11. The minimum absolute atomic E-state index is 0.694. The molecule has 0 unspecified atom stereocenters. The molecule has 0 aliphatic rings. The lowest BCUT2D eigenvalue weighted by molar-refractivity contribution is 1.28. The Labute approximate surface area is 327 Å². The topological polar surface area (TPSA) is 6.48 Å². The maximum atomic E-state index is 6.84. The average molecular weight is 749 g/mol. The Morgan fingerprint density at radius 1 is 0.407 bits per heavy atom. The van der Waals surface area contributed by atoms with Crippen LogP contribution in [0, 0.1) is 6.92 Å². The van der Waals surface area contributed by atoms with E-state index >= 15 is 0 Å². The molecule has 2 nitrogen and oxygen atoms in total. The highest BCUT2D eigenvalue weighted by Gasteiger charge is 2.22. The Kier molecular flexibility index (Phi) is 8.18. The molecule has 10 rings (SSSR count). The van der Waals surface area contributed by atoms with E-state index < -0.39 is 0 Å². The Morgan fingerprint density at radius 2 is 1.02 bits per heavy atom. The summed E-state index contributed by atoms with van der Waals surface area (Å²) in [6, 6.07) is 65.2. The zero-order valence-electron chi connectivity index (χ0n) is 29.4. The van der Waals surface area contributed by atoms with Gasteiger partial charge in [-0.2, -0.15) is 0 Å². The third-order valence-corrected chi connectivity index (χ3v) is 12.9. The van der Waals surface area contributed by atoms with E-state index in [0.29, 0.717) is 5.02 Å². The first-order valence-electron chi connectivity index (χ1n) is 18.0. The quantitative estimate of drug-likeness (QED) is 0.160. The first-order chi connectivity index (χ1) is 26.6. The number of para-hydroxylation sites is 3. The number of fused-ring (bicyclic) bond motifs is 6. The molecule has 0 radical (unpaired) electrons. The van der Waals surface area contributed by atoms with E-state index in [4.69, 9.17) is 11.6 Å². The number of anilines is 6. The largest absolute Gasteiger partial charge is 0.310 e. The maximum absolute atomic E-state index is 6.84. The average Bonchev–Trinajstić information content (AvgIpc) is 3.79. The molecule has 258 valence electrons. The number of hydrogen-bond acceptors (Lipinski definition) is 4. The molecule has 8 aromatic carbocycles. The van der Waals surface area contributed by atoms with E-state index in [2.05, 4.69) is 193 Å². The summed E-state index contributed by atoms with van der Waals surface area (Å²) in [4.78, 5) is 4.72. The van der Waals surface area contributed by atoms with Crippen LogP contribution in [0.4, 0.5) is 34.1 Å². The van der Waals surface area contributed by atoms with Crippen LogP contribution in [0.25, 0.3) is 51.5 Å². The van der Waals surface area contributed by atoms with Crippen molar-refractivity contribution in [3.63, 3.8) is 0 Å². The minimum atomic E-state index is 0.694. The highest BCUT2D eigenvalue weighted by atomic mass is 35.5. The molecule has 0 atom stereocenters. The molecule has 54 heavy (non-hydrogen) atoms. The van der Waals surface area contributed by atoms with Gasteiger partial charge in [0.2, 0.25) is 0 Å². The first-order valence-corrected chi connectivity index (χ1v) is 20.0. The number of rotatable bonds is 7. The second-order valence-electron chi connectivity index (χ2n) is 13.5. The lowest BCUT2D eigenvalue weighted by Gasteiger charge is -2.28. The Balaban J connectivity index is 1.21. The summed E-state index contributed by atoms with van der Waals surface area (Å²) in [5, 5.41) is 5.77. The molecule has 0 N–H and O–H groups in total. The van der Waals surface area contributed by atoms with Gasteiger partial charge in [-0.1, -0.05) is 103 Å². The van der Waals surface area contributed by atoms with Gasteiger partial charge in [0.1, 0.15) is 0 Å². The zero-order chi connectivity index (χ0) is 36.2. The van der Waals surface area contributed by atoms with Crippen LogP contribution in [0.1, 0.15) is 5.56 Å². The summed E-state index contributed by atoms with van der Waals surface area (Å²) >= 11 is 10.6. The first kappa shape index (κ1) is 32.7. The van der Waals surface area contributed by atoms with Crippen LogP contribution in [0.5, 0.6) is 0 Å². The highest BCUT2D eigenvalue weighted by molar-refractivity contribution is 7.26. The standard InChI is InChI=1S/C49H33ClN2S2/c1-32-28-38(51(34-14-5-2-6-15-34)37-25-27-46-42(30-37)40-20-11-12-22-45(40)53-46)31-43-48-41(21-13-23-47(48)54-49(32)43)39-26-24-33(50)29-44(39)52(35-16-7-3-8-17-35)36-18-9-4-10-19-36/h2-31H,1H3. The summed E-state index contributed by atoms with van der Waals surface area (Å²) < 4.78 is 5.16. The van der Waals surface area contributed by atoms with Crippen molar-refractivity contribution < 1.29 is 0 Å². The number of halogens is 1. The van der Waals surface area contributed by atoms with Crippen LogP contribution in [0.3, 0.4) is 0 Å².